The summed E-state index contributed by atoms with van der Waals surface area (Å²) in [5, 5.41) is 13.7. The molecule has 1 aromatic carbocycles. The van der Waals surface area contributed by atoms with Crippen molar-refractivity contribution in [2.75, 3.05) is 19.9 Å². The molecule has 27 heavy (non-hydrogen) atoms. The third-order valence-corrected chi connectivity index (χ3v) is 3.40. The van der Waals surface area contributed by atoms with E-state index in [9.17, 15) is 14.9 Å². The summed E-state index contributed by atoms with van der Waals surface area (Å²) in [5.74, 6) is -0.112. The highest BCUT2D eigenvalue weighted by atomic mass is 35.5. The molecule has 0 spiro atoms. The summed E-state index contributed by atoms with van der Waals surface area (Å²) in [6.45, 7) is -0.428. The van der Waals surface area contributed by atoms with Crippen LogP contribution in [0.25, 0.3) is 0 Å². The summed E-state index contributed by atoms with van der Waals surface area (Å²) in [4.78, 5) is 29.0. The van der Waals surface area contributed by atoms with Gasteiger partial charge < -0.3 is 20.0 Å². The van der Waals surface area contributed by atoms with E-state index in [0.717, 1.165) is 0 Å². The number of rotatable bonds is 10. The second kappa shape index (κ2) is 12.5. The third kappa shape index (κ3) is 10.1. The Balaban J connectivity index is 2.21. The molecule has 11 nitrogen and oxygen atoms in total. The van der Waals surface area contributed by atoms with Crippen molar-refractivity contribution in [3.8, 4) is 0 Å². The zero-order valence-corrected chi connectivity index (χ0v) is 15.5. The van der Waals surface area contributed by atoms with Crippen LogP contribution in [0.4, 0.5) is 4.79 Å². The van der Waals surface area contributed by atoms with E-state index in [1.54, 1.807) is 18.2 Å². The van der Waals surface area contributed by atoms with Gasteiger partial charge in [-0.3, -0.25) is 0 Å². The van der Waals surface area contributed by atoms with Crippen molar-refractivity contribution in [1.29, 1.82) is 0 Å². The first kappa shape index (κ1) is 22.3. The molecule has 0 aliphatic rings. The van der Waals surface area contributed by atoms with Crippen molar-refractivity contribution in [2.24, 2.45) is 15.8 Å². The molecule has 148 valence electrons. The lowest BCUT2D eigenvalue weighted by molar-refractivity contribution is -0.757. The van der Waals surface area contributed by atoms with E-state index < -0.39 is 11.2 Å². The lowest BCUT2D eigenvalue weighted by Gasteiger charge is -2.05. The minimum absolute atomic E-state index is 0.0280. The van der Waals surface area contributed by atoms with E-state index in [0.29, 0.717) is 28.5 Å². The smallest absolute Gasteiger partial charge is 0.434 e. The summed E-state index contributed by atoms with van der Waals surface area (Å²) >= 11 is 11.9. The van der Waals surface area contributed by atoms with Crippen LogP contribution in [0.3, 0.4) is 0 Å². The van der Waals surface area contributed by atoms with Gasteiger partial charge in [0.05, 0.1) is 29.5 Å². The van der Waals surface area contributed by atoms with Crippen molar-refractivity contribution in [2.45, 2.75) is 12.8 Å². The van der Waals surface area contributed by atoms with Gasteiger partial charge in [0.1, 0.15) is 0 Å². The molecule has 0 aliphatic carbocycles. The second-order valence-electron chi connectivity index (χ2n) is 4.68. The van der Waals surface area contributed by atoms with Gasteiger partial charge in [-0.25, -0.2) is 15.2 Å². The highest BCUT2D eigenvalue weighted by Crippen LogP contribution is 2.21. The number of benzene rings is 1. The number of hydrogen-bond donors (Lipinski definition) is 2. The number of ether oxygens (including phenoxy) is 2. The van der Waals surface area contributed by atoms with Gasteiger partial charge >= 0.3 is 6.16 Å². The van der Waals surface area contributed by atoms with Crippen LogP contribution in [-0.2, 0) is 14.3 Å². The molecule has 0 amide bonds. The number of carbonyl (C=O) groups excluding carboxylic acids is 1. The number of nitrogens with zero attached hydrogens (tertiary/aromatic N) is 3. The molecule has 0 unspecified atom stereocenters. The molecule has 0 heterocycles. The van der Waals surface area contributed by atoms with Crippen molar-refractivity contribution in [3.63, 3.8) is 0 Å². The number of nitrogens with one attached hydrogen (secondary N) is 1. The molecule has 0 atom stereocenters. The maximum Gasteiger partial charge on any atom is 0.510 e. The Bertz CT molecular complexity index is 680. The van der Waals surface area contributed by atoms with Crippen molar-refractivity contribution in [3.05, 3.63) is 43.9 Å². The molecule has 1 aromatic rings. The number of hydrazone groups is 1. The summed E-state index contributed by atoms with van der Waals surface area (Å²) in [5.41, 5.74) is 8.46. The lowest BCUT2D eigenvalue weighted by Crippen LogP contribution is -2.28. The first-order valence-corrected chi connectivity index (χ1v) is 8.25. The van der Waals surface area contributed by atoms with Gasteiger partial charge in [0.15, 0.2) is 6.73 Å². The topological polar surface area (TPSA) is 151 Å². The number of unbranched alkanes of at least 4 members (excludes halogenated alkanes) is 1. The Morgan fingerprint density at radius 2 is 1.93 bits per heavy atom. The fourth-order valence-electron chi connectivity index (χ4n) is 1.53. The Morgan fingerprint density at radius 1 is 1.26 bits per heavy atom. The predicted octanol–water partition coefficient (Wildman–Crippen LogP) is 2.33. The summed E-state index contributed by atoms with van der Waals surface area (Å²) in [6, 6.07) is 5.00. The molecule has 0 saturated heterocycles. The lowest BCUT2D eigenvalue weighted by atomic mass is 10.2. The van der Waals surface area contributed by atoms with Crippen molar-refractivity contribution < 1.29 is 24.2 Å². The molecule has 1 rings (SSSR count). The van der Waals surface area contributed by atoms with E-state index in [-0.39, 0.29) is 25.9 Å². The van der Waals surface area contributed by atoms with E-state index >= 15 is 0 Å². The van der Waals surface area contributed by atoms with Crippen LogP contribution in [0.2, 0.25) is 10.0 Å². The molecule has 0 radical (unpaired) electrons. The standard InChI is InChI=1S/C14H17Cl2N5O6/c15-11-4-3-5-12(16)10(11)8-19-20-13(17)18-9-26-14(22)25-6-1-2-7-27-21(23)24/h3-5,8H,1-2,6-7,9H2,(H3,17,18,20)/b19-8+. The van der Waals surface area contributed by atoms with Gasteiger partial charge in [0, 0.05) is 5.56 Å². The van der Waals surface area contributed by atoms with Crippen LogP contribution in [0.15, 0.2) is 28.3 Å². The van der Waals surface area contributed by atoms with Gasteiger partial charge in [-0.2, -0.15) is 5.10 Å². The van der Waals surface area contributed by atoms with Gasteiger partial charge in [-0.05, 0) is 25.0 Å². The number of halogens is 2. The Kier molecular flexibility index (Phi) is 10.3. The number of guanidine groups is 1. The minimum atomic E-state index is -0.951. The van der Waals surface area contributed by atoms with Crippen LogP contribution in [0.1, 0.15) is 18.4 Å². The number of nitrogens with two attached hydrogens (primary N) is 1. The zero-order chi connectivity index (χ0) is 20.1. The first-order chi connectivity index (χ1) is 12.9. The quantitative estimate of drug-likeness (QED) is 0.146. The second-order valence-corrected chi connectivity index (χ2v) is 5.50. The molecule has 0 aromatic heterocycles. The van der Waals surface area contributed by atoms with E-state index in [2.05, 4.69) is 25.1 Å². The van der Waals surface area contributed by atoms with Crippen molar-refractivity contribution >= 4 is 41.5 Å². The molecular formula is C14H17Cl2N5O6. The van der Waals surface area contributed by atoms with E-state index in [1.807, 2.05) is 0 Å². The van der Waals surface area contributed by atoms with Gasteiger partial charge in [-0.15, -0.1) is 10.1 Å². The fraction of sp³-hybridized carbons (Fsp3) is 0.357. The molecule has 0 bridgehead atoms. The Morgan fingerprint density at radius 3 is 2.59 bits per heavy atom. The Hall–Kier alpha value is -2.79. The van der Waals surface area contributed by atoms with Crippen LogP contribution >= 0.6 is 23.2 Å². The maximum absolute atomic E-state index is 11.3. The number of aliphatic imine (C=N–C) groups is 1. The number of hydrogen-bond acceptors (Lipinski definition) is 8. The molecule has 0 saturated carbocycles. The van der Waals surface area contributed by atoms with Gasteiger partial charge in [0.2, 0.25) is 5.96 Å². The molecular weight excluding hydrogens is 405 g/mol. The SMILES string of the molecule is NC(=NCOC(=O)OCCCCO[N+](=O)[O-])N/N=C/c1c(Cl)cccc1Cl. The normalized spacial score (nSPS) is 11.3. The van der Waals surface area contributed by atoms with Gasteiger partial charge in [-0.1, -0.05) is 29.3 Å². The van der Waals surface area contributed by atoms with Gasteiger partial charge in [0.25, 0.3) is 5.09 Å². The highest BCUT2D eigenvalue weighted by Gasteiger charge is 2.04. The van der Waals surface area contributed by atoms with Crippen LogP contribution in [-0.4, -0.2) is 43.4 Å². The van der Waals surface area contributed by atoms with E-state index in [4.69, 9.17) is 33.7 Å². The third-order valence-electron chi connectivity index (χ3n) is 2.75. The Labute approximate surface area is 164 Å². The summed E-state index contributed by atoms with van der Waals surface area (Å²) in [6.07, 6.45) is 1.16. The van der Waals surface area contributed by atoms with Crippen LogP contribution in [0.5, 0.6) is 0 Å². The van der Waals surface area contributed by atoms with E-state index in [1.165, 1.54) is 6.21 Å². The molecule has 0 aliphatic heterocycles. The predicted molar refractivity (Wildman–Crippen MR) is 98.3 cm³/mol. The molecule has 3 N–H and O–H groups in total. The highest BCUT2D eigenvalue weighted by molar-refractivity contribution is 6.38. The fourth-order valence-corrected chi connectivity index (χ4v) is 2.02. The van der Waals surface area contributed by atoms with Crippen molar-refractivity contribution in [1.82, 2.24) is 5.43 Å². The molecule has 13 heteroatoms. The largest absolute Gasteiger partial charge is 0.510 e. The minimum Gasteiger partial charge on any atom is -0.434 e. The first-order valence-electron chi connectivity index (χ1n) is 7.50. The zero-order valence-electron chi connectivity index (χ0n) is 14.0. The summed E-state index contributed by atoms with van der Waals surface area (Å²) < 4.78 is 9.38. The average molecular weight is 422 g/mol. The summed E-state index contributed by atoms with van der Waals surface area (Å²) in [7, 11) is 0. The van der Waals surface area contributed by atoms with Crippen LogP contribution in [0, 0.1) is 10.1 Å². The number of carbonyl (C=O) groups is 1. The maximum atomic E-state index is 11.3. The average Bonchev–Trinajstić information content (AvgIpc) is 2.60. The molecule has 0 fully saturated rings. The monoisotopic (exact) mass is 421 g/mol. The van der Waals surface area contributed by atoms with Crippen LogP contribution < -0.4 is 11.2 Å².